The maximum Gasteiger partial charge on any atom is 0.212 e. The first-order valence-electron chi connectivity index (χ1n) is 43.7. The number of carbonyl (C=O) groups is 4. The van der Waals surface area contributed by atoms with Crippen LogP contribution in [0, 0.1) is 47.3 Å². The van der Waals surface area contributed by atoms with Gasteiger partial charge in [0, 0.05) is 168 Å². The van der Waals surface area contributed by atoms with E-state index in [1.807, 2.05) is 73.3 Å². The zero-order chi connectivity index (χ0) is 83.7. The fraction of sp³-hybridized carbons (Fsp3) is 0.440. The van der Waals surface area contributed by atoms with Crippen molar-refractivity contribution in [2.45, 2.75) is 205 Å². The molecule has 20 nitrogen and oxygen atoms in total. The molecule has 4 aliphatic rings. The van der Waals surface area contributed by atoms with Gasteiger partial charge in [-0.05, 0) is 293 Å². The van der Waals surface area contributed by atoms with Crippen LogP contribution in [0.5, 0.6) is 23.5 Å². The van der Waals surface area contributed by atoms with Gasteiger partial charge in [-0.2, -0.15) is 0 Å². The molecule has 16 rings (SSSR count). The van der Waals surface area contributed by atoms with Crippen LogP contribution in [0.3, 0.4) is 0 Å². The van der Waals surface area contributed by atoms with Crippen LogP contribution in [0.4, 0.5) is 0 Å². The van der Waals surface area contributed by atoms with Crippen molar-refractivity contribution in [3.05, 3.63) is 240 Å². The van der Waals surface area contributed by atoms with E-state index < -0.39 is 0 Å². The number of ketones is 4. The number of fused-ring (bicyclic) bond motifs is 4. The lowest BCUT2D eigenvalue weighted by Crippen LogP contribution is -2.23. The number of hydrogen-bond acceptors (Lipinski definition) is 20. The van der Waals surface area contributed by atoms with E-state index in [2.05, 4.69) is 136 Å². The summed E-state index contributed by atoms with van der Waals surface area (Å²) in [6.45, 7) is 8.83. The van der Waals surface area contributed by atoms with Gasteiger partial charge in [0.05, 0.1) is 28.4 Å². The topological polar surface area (TPSA) is 260 Å². The molecular formula is C100H116N12O8. The van der Waals surface area contributed by atoms with Gasteiger partial charge in [0.15, 0.2) is 45.7 Å². The Morgan fingerprint density at radius 1 is 0.267 bits per heavy atom. The highest BCUT2D eigenvalue weighted by Crippen LogP contribution is 2.47. The number of nitrogens with zero attached hydrogens (tertiary/aromatic N) is 12. The zero-order valence-corrected chi connectivity index (χ0v) is 71.0. The monoisotopic (exact) mass is 1610 g/mol. The largest absolute Gasteiger partial charge is 0.481 e. The van der Waals surface area contributed by atoms with Crippen LogP contribution < -0.4 is 18.9 Å². The first kappa shape index (κ1) is 86.6. The van der Waals surface area contributed by atoms with E-state index >= 15 is 0 Å². The lowest BCUT2D eigenvalue weighted by atomic mass is 9.71. The fourth-order valence-corrected chi connectivity index (χ4v) is 19.7. The highest BCUT2D eigenvalue weighted by molar-refractivity contribution is 5.98. The standard InChI is InChI=1S/4C25H29N3O2/c4*1-3-17(15-23(29)20-10-11-24(30-2)28-16-20)18-6-8-19(9-7-18)21-12-14-27-25-22(21)5-4-13-26-25/h4*4-5,10-14,16-19H,3,6-9,15H2,1-2H3/t4*17-,18?,19?/m1100/s1. The summed E-state index contributed by atoms with van der Waals surface area (Å²) in [6.07, 6.45) is 46.4. The minimum Gasteiger partial charge on any atom is -0.481 e. The third-order valence-corrected chi connectivity index (χ3v) is 26.7. The van der Waals surface area contributed by atoms with Crippen LogP contribution in [0.15, 0.2) is 196 Å². The summed E-state index contributed by atoms with van der Waals surface area (Å²) >= 11 is 0. The number of aromatic nitrogens is 12. The molecule has 4 aliphatic carbocycles. The first-order chi connectivity index (χ1) is 58.8. The van der Waals surface area contributed by atoms with Gasteiger partial charge in [-0.1, -0.05) is 53.4 Å². The van der Waals surface area contributed by atoms with Gasteiger partial charge in [0.25, 0.3) is 0 Å². The smallest absolute Gasteiger partial charge is 0.212 e. The van der Waals surface area contributed by atoms with E-state index in [-0.39, 0.29) is 23.1 Å². The van der Waals surface area contributed by atoms with Crippen LogP contribution in [-0.2, 0) is 0 Å². The van der Waals surface area contributed by atoms with Crippen molar-refractivity contribution in [2.75, 3.05) is 28.4 Å². The Balaban J connectivity index is 0.000000138. The molecule has 20 heteroatoms. The van der Waals surface area contributed by atoms with Crippen molar-refractivity contribution >= 4 is 67.3 Å². The Morgan fingerprint density at radius 2 is 0.467 bits per heavy atom. The van der Waals surface area contributed by atoms with Crippen molar-refractivity contribution < 1.29 is 38.1 Å². The van der Waals surface area contributed by atoms with Gasteiger partial charge in [-0.3, -0.25) is 19.2 Å². The first-order valence-corrected chi connectivity index (χ1v) is 43.7. The molecular weight excluding hydrogens is 1500 g/mol. The molecule has 0 amide bonds. The molecule has 0 bridgehead atoms. The minimum atomic E-state index is 0.185. The zero-order valence-electron chi connectivity index (χ0n) is 71.0. The van der Waals surface area contributed by atoms with Gasteiger partial charge in [0.1, 0.15) is 0 Å². The number of Topliss-reactive ketones (excluding diaryl/α,β-unsaturated/α-hetero) is 4. The second kappa shape index (κ2) is 43.1. The number of carbonyl (C=O) groups excluding carboxylic acids is 4. The Bertz CT molecular complexity index is 4620. The Kier molecular flexibility index (Phi) is 31.1. The molecule has 0 unspecified atom stereocenters. The van der Waals surface area contributed by atoms with E-state index in [9.17, 15) is 19.2 Å². The summed E-state index contributed by atoms with van der Waals surface area (Å²) in [5.74, 6) is 9.22. The lowest BCUT2D eigenvalue weighted by Gasteiger charge is -2.34. The molecule has 12 heterocycles. The maximum atomic E-state index is 12.8. The molecule has 0 aliphatic heterocycles. The molecule has 0 N–H and O–H groups in total. The normalized spacial score (nSPS) is 20.1. The average molecular weight is 1610 g/mol. The fourth-order valence-electron chi connectivity index (χ4n) is 19.7. The van der Waals surface area contributed by atoms with E-state index in [0.717, 1.165) is 99.6 Å². The molecule has 0 aromatic carbocycles. The number of methoxy groups -OCH3 is 4. The summed E-state index contributed by atoms with van der Waals surface area (Å²) in [4.78, 5) is 103. The molecule has 120 heavy (non-hydrogen) atoms. The summed E-state index contributed by atoms with van der Waals surface area (Å²) in [5, 5.41) is 4.71. The van der Waals surface area contributed by atoms with Gasteiger partial charge < -0.3 is 18.9 Å². The third-order valence-electron chi connectivity index (χ3n) is 26.7. The van der Waals surface area contributed by atoms with Gasteiger partial charge in [0.2, 0.25) is 23.5 Å². The van der Waals surface area contributed by atoms with Crippen molar-refractivity contribution in [2.24, 2.45) is 47.3 Å². The molecule has 4 fully saturated rings. The maximum absolute atomic E-state index is 12.8. The van der Waals surface area contributed by atoms with E-state index in [1.165, 1.54) is 95.2 Å². The number of rotatable bonds is 28. The second-order valence-electron chi connectivity index (χ2n) is 33.1. The Hall–Kier alpha value is -11.3. The highest BCUT2D eigenvalue weighted by Gasteiger charge is 2.35. The summed E-state index contributed by atoms with van der Waals surface area (Å²) in [5.41, 5.74) is 11.6. The predicted octanol–water partition coefficient (Wildman–Crippen LogP) is 22.4. The molecule has 624 valence electrons. The summed E-state index contributed by atoms with van der Waals surface area (Å²) in [6, 6.07) is 39.4. The predicted molar refractivity (Wildman–Crippen MR) is 471 cm³/mol. The summed E-state index contributed by atoms with van der Waals surface area (Å²) < 4.78 is 20.4. The van der Waals surface area contributed by atoms with Gasteiger partial charge in [-0.15, -0.1) is 0 Å². The van der Waals surface area contributed by atoms with Crippen LogP contribution in [0.2, 0.25) is 0 Å². The minimum absolute atomic E-state index is 0.185. The van der Waals surface area contributed by atoms with Crippen molar-refractivity contribution in [1.82, 2.24) is 59.8 Å². The number of ether oxygens (including phenoxy) is 4. The van der Waals surface area contributed by atoms with Gasteiger partial charge >= 0.3 is 0 Å². The van der Waals surface area contributed by atoms with Crippen molar-refractivity contribution in [3.8, 4) is 23.5 Å². The molecule has 4 atom stereocenters. The Labute approximate surface area is 706 Å². The Morgan fingerprint density at radius 3 is 0.642 bits per heavy atom. The highest BCUT2D eigenvalue weighted by atomic mass is 16.5. The third kappa shape index (κ3) is 22.0. The second-order valence-corrected chi connectivity index (χ2v) is 33.1. The SMILES string of the molecule is CC[C@@H](CC(=O)c1ccc(OC)nc1)C1CCC(c2ccnc3ncccc23)CC1.CC[C@@H](CC(=O)c1ccc(OC)nc1)C1CCC(c2ccnc3ncccc23)CC1.CC[C@H](CC(=O)c1ccc(OC)nc1)C1CCC(c2ccnc3ncccc23)CC1.CC[C@H](CC(=O)c1ccc(OC)nc1)C1CCC(c2ccnc3ncccc23)CC1. The number of hydrogen-bond donors (Lipinski definition) is 0. The molecule has 4 saturated carbocycles. The van der Waals surface area contributed by atoms with Crippen LogP contribution in [-0.4, -0.2) is 111 Å². The number of pyridine rings is 12. The van der Waals surface area contributed by atoms with E-state index in [4.69, 9.17) is 18.9 Å². The van der Waals surface area contributed by atoms with Gasteiger partial charge in [-0.25, -0.2) is 59.8 Å². The average Bonchev–Trinajstić information content (AvgIpc) is 0.812. The van der Waals surface area contributed by atoms with E-state index in [1.54, 1.807) is 102 Å². The molecule has 0 saturated heterocycles. The quantitative estimate of drug-likeness (QED) is 0.0413. The van der Waals surface area contributed by atoms with Crippen LogP contribution in [0.25, 0.3) is 44.1 Å². The molecule has 0 radical (unpaired) electrons. The molecule has 12 aromatic heterocycles. The lowest BCUT2D eigenvalue weighted by molar-refractivity contribution is 0.0917. The van der Waals surface area contributed by atoms with Crippen molar-refractivity contribution in [3.63, 3.8) is 0 Å². The van der Waals surface area contributed by atoms with E-state index in [0.29, 0.717) is 142 Å². The van der Waals surface area contributed by atoms with Crippen LogP contribution >= 0.6 is 0 Å². The summed E-state index contributed by atoms with van der Waals surface area (Å²) in [7, 11) is 6.33. The van der Waals surface area contributed by atoms with Crippen LogP contribution in [0.1, 0.15) is 269 Å². The molecule has 12 aromatic rings. The molecule has 0 spiro atoms. The van der Waals surface area contributed by atoms with Crippen molar-refractivity contribution in [1.29, 1.82) is 0 Å².